The molecule has 1 aromatic rings. The van der Waals surface area contributed by atoms with Crippen LogP contribution >= 0.6 is 11.6 Å². The summed E-state index contributed by atoms with van der Waals surface area (Å²) < 4.78 is 12.5. The number of benzene rings is 1. The second-order valence-electron chi connectivity index (χ2n) is 5.13. The zero-order valence-corrected chi connectivity index (χ0v) is 12.3. The highest BCUT2D eigenvalue weighted by atomic mass is 35.5. The van der Waals surface area contributed by atoms with Gasteiger partial charge in [0, 0.05) is 10.1 Å². The maximum atomic E-state index is 12.5. The van der Waals surface area contributed by atoms with E-state index in [0.29, 0.717) is 10.8 Å². The van der Waals surface area contributed by atoms with Crippen molar-refractivity contribution >= 4 is 28.4 Å². The molecule has 1 fully saturated rings. The predicted octanol–water partition coefficient (Wildman–Crippen LogP) is 3.72. The Hall–Kier alpha value is -0.870. The fourth-order valence-electron chi connectivity index (χ4n) is 2.43. The molecule has 0 saturated heterocycles. The molecule has 1 unspecified atom stereocenters. The highest BCUT2D eigenvalue weighted by molar-refractivity contribution is 7.85. The largest absolute Gasteiger partial charge is 0.478 e. The van der Waals surface area contributed by atoms with Gasteiger partial charge in [-0.3, -0.25) is 4.21 Å². The number of hydrogen-bond acceptors (Lipinski definition) is 2. The Balaban J connectivity index is 2.20. The topological polar surface area (TPSA) is 54.4 Å². The molecule has 0 radical (unpaired) electrons. The van der Waals surface area contributed by atoms with Crippen LogP contribution in [-0.4, -0.2) is 20.5 Å². The third-order valence-electron chi connectivity index (χ3n) is 3.67. The number of halogens is 1. The maximum Gasteiger partial charge on any atom is 0.337 e. The third-order valence-corrected chi connectivity index (χ3v) is 5.79. The Labute approximate surface area is 120 Å². The van der Waals surface area contributed by atoms with Gasteiger partial charge < -0.3 is 5.11 Å². The molecule has 19 heavy (non-hydrogen) atoms. The van der Waals surface area contributed by atoms with Crippen molar-refractivity contribution in [1.29, 1.82) is 0 Å². The average Bonchev–Trinajstić information content (AvgIpc) is 2.39. The summed E-state index contributed by atoms with van der Waals surface area (Å²) in [7, 11) is -1.14. The Morgan fingerprint density at radius 1 is 1.32 bits per heavy atom. The second kappa shape index (κ2) is 6.06. The summed E-state index contributed by atoms with van der Waals surface area (Å²) in [5.41, 5.74) is 0.0247. The summed E-state index contributed by atoms with van der Waals surface area (Å²) in [6.07, 6.45) is 4.07. The van der Waals surface area contributed by atoms with Crippen LogP contribution in [0, 0.1) is 5.92 Å². The molecule has 3 nitrogen and oxygen atoms in total. The number of carbonyl (C=O) groups is 1. The van der Waals surface area contributed by atoms with Crippen molar-refractivity contribution in [2.45, 2.75) is 42.8 Å². The van der Waals surface area contributed by atoms with E-state index in [1.165, 1.54) is 12.1 Å². The minimum absolute atomic E-state index is 0.0247. The van der Waals surface area contributed by atoms with Gasteiger partial charge in [-0.1, -0.05) is 18.5 Å². The van der Waals surface area contributed by atoms with Crippen LogP contribution in [0.2, 0.25) is 5.02 Å². The SMILES string of the molecule is CC1CCC(S(=O)c2ccc(Cl)c(C(=O)O)c2)CC1. The molecule has 0 heterocycles. The zero-order valence-electron chi connectivity index (χ0n) is 10.8. The minimum Gasteiger partial charge on any atom is -0.478 e. The van der Waals surface area contributed by atoms with Gasteiger partial charge in [-0.15, -0.1) is 0 Å². The molecule has 2 rings (SSSR count). The summed E-state index contributed by atoms with van der Waals surface area (Å²) in [5.74, 6) is -0.380. The van der Waals surface area contributed by atoms with E-state index in [2.05, 4.69) is 6.92 Å². The quantitative estimate of drug-likeness (QED) is 0.925. The smallest absolute Gasteiger partial charge is 0.337 e. The lowest BCUT2D eigenvalue weighted by Crippen LogP contribution is -2.22. The molecule has 1 saturated carbocycles. The Morgan fingerprint density at radius 3 is 2.53 bits per heavy atom. The van der Waals surface area contributed by atoms with Crippen LogP contribution in [0.15, 0.2) is 23.1 Å². The van der Waals surface area contributed by atoms with E-state index in [4.69, 9.17) is 16.7 Å². The predicted molar refractivity (Wildman–Crippen MR) is 76.2 cm³/mol. The van der Waals surface area contributed by atoms with Crippen LogP contribution in [0.4, 0.5) is 0 Å². The fourth-order valence-corrected chi connectivity index (χ4v) is 4.15. The number of hydrogen-bond donors (Lipinski definition) is 1. The van der Waals surface area contributed by atoms with E-state index >= 15 is 0 Å². The van der Waals surface area contributed by atoms with Crippen molar-refractivity contribution in [2.24, 2.45) is 5.92 Å². The van der Waals surface area contributed by atoms with Gasteiger partial charge in [0.25, 0.3) is 0 Å². The van der Waals surface area contributed by atoms with E-state index in [-0.39, 0.29) is 15.8 Å². The monoisotopic (exact) mass is 300 g/mol. The molecule has 1 aliphatic carbocycles. The van der Waals surface area contributed by atoms with Crippen LogP contribution in [0.5, 0.6) is 0 Å². The van der Waals surface area contributed by atoms with E-state index in [0.717, 1.165) is 25.7 Å². The van der Waals surface area contributed by atoms with Gasteiger partial charge in [0.2, 0.25) is 0 Å². The van der Waals surface area contributed by atoms with Gasteiger partial charge in [0.15, 0.2) is 0 Å². The molecule has 1 N–H and O–H groups in total. The lowest BCUT2D eigenvalue weighted by Gasteiger charge is -2.25. The number of aromatic carboxylic acids is 1. The van der Waals surface area contributed by atoms with Gasteiger partial charge in [-0.05, 0) is 49.8 Å². The van der Waals surface area contributed by atoms with Gasteiger partial charge in [-0.2, -0.15) is 0 Å². The highest BCUT2D eigenvalue weighted by Crippen LogP contribution is 2.30. The Kier molecular flexibility index (Phi) is 4.63. The normalized spacial score (nSPS) is 24.9. The maximum absolute atomic E-state index is 12.5. The van der Waals surface area contributed by atoms with Gasteiger partial charge in [-0.25, -0.2) is 4.79 Å². The Bertz CT molecular complexity index is 507. The molecule has 5 heteroatoms. The zero-order chi connectivity index (χ0) is 14.0. The van der Waals surface area contributed by atoms with Crippen LogP contribution in [0.1, 0.15) is 43.0 Å². The molecule has 0 spiro atoms. The molecule has 0 aliphatic heterocycles. The molecule has 1 aliphatic rings. The van der Waals surface area contributed by atoms with Gasteiger partial charge >= 0.3 is 5.97 Å². The first-order valence-corrected chi connectivity index (χ1v) is 8.01. The third kappa shape index (κ3) is 3.37. The van der Waals surface area contributed by atoms with Gasteiger partial charge in [0.1, 0.15) is 0 Å². The van der Waals surface area contributed by atoms with Crippen molar-refractivity contribution in [3.63, 3.8) is 0 Å². The summed E-state index contributed by atoms with van der Waals surface area (Å²) >= 11 is 5.82. The van der Waals surface area contributed by atoms with E-state index in [9.17, 15) is 9.00 Å². The van der Waals surface area contributed by atoms with Crippen molar-refractivity contribution in [2.75, 3.05) is 0 Å². The number of carboxylic acids is 1. The van der Waals surface area contributed by atoms with E-state index < -0.39 is 16.8 Å². The van der Waals surface area contributed by atoms with Crippen LogP contribution < -0.4 is 0 Å². The van der Waals surface area contributed by atoms with Crippen LogP contribution in [0.3, 0.4) is 0 Å². The standard InChI is InChI=1S/C14H17ClO3S/c1-9-2-4-10(5-3-9)19(18)11-6-7-13(15)12(8-11)14(16)17/h6-10H,2-5H2,1H3,(H,16,17). The molecule has 1 atom stereocenters. The first-order valence-electron chi connectivity index (χ1n) is 6.42. The first kappa shape index (κ1) is 14.5. The summed E-state index contributed by atoms with van der Waals surface area (Å²) in [6, 6.07) is 4.63. The van der Waals surface area contributed by atoms with Crippen molar-refractivity contribution in [3.8, 4) is 0 Å². The fraction of sp³-hybridized carbons (Fsp3) is 0.500. The van der Waals surface area contributed by atoms with Crippen molar-refractivity contribution < 1.29 is 14.1 Å². The molecule has 0 aromatic heterocycles. The van der Waals surface area contributed by atoms with Crippen LogP contribution in [-0.2, 0) is 10.8 Å². The molecule has 0 bridgehead atoms. The lowest BCUT2D eigenvalue weighted by molar-refractivity contribution is 0.0697. The number of carboxylic acid groups (broad SMARTS) is 1. The Morgan fingerprint density at radius 2 is 1.95 bits per heavy atom. The van der Waals surface area contributed by atoms with Crippen molar-refractivity contribution in [1.82, 2.24) is 0 Å². The van der Waals surface area contributed by atoms with E-state index in [1.807, 2.05) is 0 Å². The second-order valence-corrected chi connectivity index (χ2v) is 7.27. The molecular weight excluding hydrogens is 284 g/mol. The lowest BCUT2D eigenvalue weighted by atomic mass is 9.91. The van der Waals surface area contributed by atoms with Gasteiger partial charge in [0.05, 0.1) is 21.4 Å². The first-order chi connectivity index (χ1) is 8.99. The summed E-state index contributed by atoms with van der Waals surface area (Å²) in [5, 5.41) is 9.36. The average molecular weight is 301 g/mol. The molecular formula is C14H17ClO3S. The summed E-state index contributed by atoms with van der Waals surface area (Å²) in [4.78, 5) is 11.6. The van der Waals surface area contributed by atoms with Crippen molar-refractivity contribution in [3.05, 3.63) is 28.8 Å². The highest BCUT2D eigenvalue weighted by Gasteiger charge is 2.25. The van der Waals surface area contributed by atoms with E-state index in [1.54, 1.807) is 6.07 Å². The van der Waals surface area contributed by atoms with Crippen LogP contribution in [0.25, 0.3) is 0 Å². The molecule has 0 amide bonds. The minimum atomic E-state index is -1.14. The summed E-state index contributed by atoms with van der Waals surface area (Å²) in [6.45, 7) is 2.21. The molecule has 104 valence electrons. The molecule has 1 aromatic carbocycles. The number of rotatable bonds is 3.